The molecular formula is C15H18N2OS. The Labute approximate surface area is 118 Å². The van der Waals surface area contributed by atoms with Crippen LogP contribution in [-0.2, 0) is 0 Å². The van der Waals surface area contributed by atoms with Crippen LogP contribution in [0.2, 0.25) is 0 Å². The molecule has 1 N–H and O–H groups in total. The van der Waals surface area contributed by atoms with E-state index in [1.807, 2.05) is 37.3 Å². The fraction of sp³-hybridized carbons (Fsp3) is 0.333. The lowest BCUT2D eigenvalue weighted by atomic mass is 10.1. The van der Waals surface area contributed by atoms with E-state index < -0.39 is 0 Å². The predicted molar refractivity (Wildman–Crippen MR) is 80.1 cm³/mol. The van der Waals surface area contributed by atoms with Gasteiger partial charge in [0.25, 0.3) is 0 Å². The van der Waals surface area contributed by atoms with Crippen LogP contribution >= 0.6 is 12.2 Å². The third kappa shape index (κ3) is 3.41. The average molecular weight is 274 g/mol. The van der Waals surface area contributed by atoms with Crippen molar-refractivity contribution in [1.29, 1.82) is 0 Å². The highest BCUT2D eigenvalue weighted by Crippen LogP contribution is 2.22. The molecule has 0 spiro atoms. The molecule has 0 aliphatic rings. The van der Waals surface area contributed by atoms with Crippen LogP contribution in [-0.4, -0.2) is 16.6 Å². The Morgan fingerprint density at radius 3 is 2.53 bits per heavy atom. The van der Waals surface area contributed by atoms with Crippen molar-refractivity contribution in [3.63, 3.8) is 0 Å². The molecule has 100 valence electrons. The molecule has 0 saturated carbocycles. The topological polar surface area (TPSA) is 37.9 Å². The first-order chi connectivity index (χ1) is 9.10. The number of ether oxygens (including phenoxy) is 1. The van der Waals surface area contributed by atoms with Gasteiger partial charge in [0, 0.05) is 11.6 Å². The Morgan fingerprint density at radius 2 is 1.95 bits per heavy atom. The number of hydrogen-bond donors (Lipinski definition) is 1. The summed E-state index contributed by atoms with van der Waals surface area (Å²) in [6.07, 6.45) is 0. The highest BCUT2D eigenvalue weighted by Gasteiger charge is 2.05. The molecule has 0 aliphatic carbocycles. The number of aromatic nitrogens is 2. The van der Waals surface area contributed by atoms with Crippen molar-refractivity contribution in [3.8, 4) is 17.0 Å². The molecule has 1 aromatic carbocycles. The quantitative estimate of drug-likeness (QED) is 0.843. The molecule has 0 aliphatic heterocycles. The lowest BCUT2D eigenvalue weighted by Crippen LogP contribution is -1.99. The Bertz CT molecular complexity index is 602. The SMILES string of the molecule is CCOc1ccc(-c2cc(=S)nc(C(C)C)[nH]2)cc1. The van der Waals surface area contributed by atoms with E-state index in [1.54, 1.807) is 0 Å². The largest absolute Gasteiger partial charge is 0.494 e. The van der Waals surface area contributed by atoms with Gasteiger partial charge in [0.1, 0.15) is 16.2 Å². The fourth-order valence-electron chi connectivity index (χ4n) is 1.80. The van der Waals surface area contributed by atoms with Crippen LogP contribution in [0.1, 0.15) is 32.5 Å². The van der Waals surface area contributed by atoms with E-state index in [1.165, 1.54) is 0 Å². The van der Waals surface area contributed by atoms with Crippen molar-refractivity contribution < 1.29 is 4.74 Å². The lowest BCUT2D eigenvalue weighted by molar-refractivity contribution is 0.340. The van der Waals surface area contributed by atoms with Crippen LogP contribution in [0.25, 0.3) is 11.3 Å². The molecule has 0 fully saturated rings. The Kier molecular flexibility index (Phi) is 4.32. The van der Waals surface area contributed by atoms with Crippen LogP contribution in [0.5, 0.6) is 5.75 Å². The predicted octanol–water partition coefficient (Wildman–Crippen LogP) is 4.33. The van der Waals surface area contributed by atoms with E-state index in [4.69, 9.17) is 17.0 Å². The maximum Gasteiger partial charge on any atom is 0.130 e. The molecule has 0 saturated heterocycles. The number of nitrogens with one attached hydrogen (secondary N) is 1. The molecule has 1 heterocycles. The van der Waals surface area contributed by atoms with E-state index in [9.17, 15) is 0 Å². The van der Waals surface area contributed by atoms with Crippen LogP contribution in [0, 0.1) is 4.64 Å². The second-order valence-corrected chi connectivity index (χ2v) is 5.05. The van der Waals surface area contributed by atoms with E-state index in [-0.39, 0.29) is 0 Å². The summed E-state index contributed by atoms with van der Waals surface area (Å²) >= 11 is 5.22. The molecule has 0 bridgehead atoms. The van der Waals surface area contributed by atoms with E-state index in [2.05, 4.69) is 23.8 Å². The van der Waals surface area contributed by atoms with Gasteiger partial charge in [-0.15, -0.1) is 0 Å². The first-order valence-corrected chi connectivity index (χ1v) is 6.85. The molecule has 19 heavy (non-hydrogen) atoms. The van der Waals surface area contributed by atoms with Crippen molar-refractivity contribution in [1.82, 2.24) is 9.97 Å². The first kappa shape index (κ1) is 13.7. The zero-order valence-electron chi connectivity index (χ0n) is 11.4. The summed E-state index contributed by atoms with van der Waals surface area (Å²) in [4.78, 5) is 7.67. The lowest BCUT2D eigenvalue weighted by Gasteiger charge is -2.09. The van der Waals surface area contributed by atoms with E-state index in [0.717, 1.165) is 22.8 Å². The second-order valence-electron chi connectivity index (χ2n) is 4.63. The number of rotatable bonds is 4. The van der Waals surface area contributed by atoms with Crippen molar-refractivity contribution in [2.75, 3.05) is 6.61 Å². The minimum absolute atomic E-state index is 0.323. The van der Waals surface area contributed by atoms with Gasteiger partial charge < -0.3 is 9.72 Å². The maximum absolute atomic E-state index is 5.44. The van der Waals surface area contributed by atoms with Gasteiger partial charge in [-0.3, -0.25) is 0 Å². The highest BCUT2D eigenvalue weighted by molar-refractivity contribution is 7.71. The normalized spacial score (nSPS) is 10.7. The molecular weight excluding hydrogens is 256 g/mol. The summed E-state index contributed by atoms with van der Waals surface area (Å²) in [7, 11) is 0. The highest BCUT2D eigenvalue weighted by atomic mass is 32.1. The van der Waals surface area contributed by atoms with Crippen molar-refractivity contribution in [2.24, 2.45) is 0 Å². The Balaban J connectivity index is 2.38. The first-order valence-electron chi connectivity index (χ1n) is 6.44. The van der Waals surface area contributed by atoms with Crippen molar-refractivity contribution in [3.05, 3.63) is 40.8 Å². The number of benzene rings is 1. The standard InChI is InChI=1S/C15H18N2OS/c1-4-18-12-7-5-11(6-8-12)13-9-14(19)17-15(16-13)10(2)3/h5-10H,4H2,1-3H3,(H,16,17,19). The summed E-state index contributed by atoms with van der Waals surface area (Å²) < 4.78 is 6.06. The molecule has 0 radical (unpaired) electrons. The molecule has 4 heteroatoms. The Morgan fingerprint density at radius 1 is 1.26 bits per heavy atom. The van der Waals surface area contributed by atoms with Gasteiger partial charge in [0.05, 0.1) is 6.61 Å². The third-order valence-corrected chi connectivity index (χ3v) is 2.99. The molecule has 0 unspecified atom stereocenters. The number of nitrogens with zero attached hydrogens (tertiary/aromatic N) is 1. The van der Waals surface area contributed by atoms with Gasteiger partial charge in [-0.25, -0.2) is 4.98 Å². The average Bonchev–Trinajstić information content (AvgIpc) is 2.39. The maximum atomic E-state index is 5.44. The van der Waals surface area contributed by atoms with Gasteiger partial charge in [-0.1, -0.05) is 26.1 Å². The summed E-state index contributed by atoms with van der Waals surface area (Å²) in [5, 5.41) is 0. The number of hydrogen-bond acceptors (Lipinski definition) is 3. The van der Waals surface area contributed by atoms with Gasteiger partial charge in [-0.05, 0) is 42.8 Å². The molecule has 0 amide bonds. The number of H-pyrrole nitrogens is 1. The molecule has 2 aromatic rings. The minimum Gasteiger partial charge on any atom is -0.494 e. The third-order valence-electron chi connectivity index (χ3n) is 2.78. The van der Waals surface area contributed by atoms with Gasteiger partial charge in [0.2, 0.25) is 0 Å². The molecule has 3 nitrogen and oxygen atoms in total. The van der Waals surface area contributed by atoms with Gasteiger partial charge in [-0.2, -0.15) is 0 Å². The minimum atomic E-state index is 0.323. The summed E-state index contributed by atoms with van der Waals surface area (Å²) in [6, 6.07) is 9.86. The van der Waals surface area contributed by atoms with E-state index in [0.29, 0.717) is 17.2 Å². The van der Waals surface area contributed by atoms with Gasteiger partial charge >= 0.3 is 0 Å². The van der Waals surface area contributed by atoms with E-state index >= 15 is 0 Å². The molecule has 1 aromatic heterocycles. The number of aromatic amines is 1. The zero-order valence-corrected chi connectivity index (χ0v) is 12.3. The van der Waals surface area contributed by atoms with Crippen LogP contribution in [0.15, 0.2) is 30.3 Å². The van der Waals surface area contributed by atoms with Gasteiger partial charge in [0.15, 0.2) is 0 Å². The second kappa shape index (κ2) is 5.97. The van der Waals surface area contributed by atoms with Crippen LogP contribution in [0.4, 0.5) is 0 Å². The zero-order chi connectivity index (χ0) is 13.8. The van der Waals surface area contributed by atoms with Crippen LogP contribution < -0.4 is 4.74 Å². The van der Waals surface area contributed by atoms with Crippen LogP contribution in [0.3, 0.4) is 0 Å². The van der Waals surface area contributed by atoms with Crippen molar-refractivity contribution >= 4 is 12.2 Å². The fourth-order valence-corrected chi connectivity index (χ4v) is 2.02. The van der Waals surface area contributed by atoms with Crippen molar-refractivity contribution in [2.45, 2.75) is 26.7 Å². The summed E-state index contributed by atoms with van der Waals surface area (Å²) in [6.45, 7) is 6.84. The summed E-state index contributed by atoms with van der Waals surface area (Å²) in [5.74, 6) is 2.11. The molecule has 2 rings (SSSR count). The molecule has 0 atom stereocenters. The smallest absolute Gasteiger partial charge is 0.130 e. The Hall–Kier alpha value is -1.68. The summed E-state index contributed by atoms with van der Waals surface area (Å²) in [5.41, 5.74) is 2.07. The monoisotopic (exact) mass is 274 g/mol.